The fourth-order valence-electron chi connectivity index (χ4n) is 6.67. The maximum Gasteiger partial charge on any atom is 0.164 e. The van der Waals surface area contributed by atoms with Crippen molar-refractivity contribution >= 4 is 9.84 Å². The van der Waals surface area contributed by atoms with E-state index in [0.717, 1.165) is 27.8 Å². The summed E-state index contributed by atoms with van der Waals surface area (Å²) in [6, 6.07) is 37.4. The zero-order chi connectivity index (χ0) is 31.4. The summed E-state index contributed by atoms with van der Waals surface area (Å²) in [5, 5.41) is -1.79. The first-order valence-corrected chi connectivity index (χ1v) is 17.3. The summed E-state index contributed by atoms with van der Waals surface area (Å²) in [6.07, 6.45) is -2.37. The lowest BCUT2D eigenvalue weighted by Gasteiger charge is -2.32. The largest absolute Gasteiger partial charge is 0.369 e. The van der Waals surface area contributed by atoms with Crippen LogP contribution in [0.1, 0.15) is 41.7 Å². The molecule has 45 heavy (non-hydrogen) atoms. The molecule has 6 nitrogen and oxygen atoms in total. The van der Waals surface area contributed by atoms with Gasteiger partial charge in [0.25, 0.3) is 0 Å². The number of fused-ring (bicyclic) bond motifs is 1. The number of benzene rings is 4. The monoisotopic (exact) mass is 626 g/mol. The minimum atomic E-state index is -3.90. The lowest BCUT2D eigenvalue weighted by molar-refractivity contribution is -0.167. The third-order valence-corrected chi connectivity index (χ3v) is 11.3. The van der Waals surface area contributed by atoms with Gasteiger partial charge in [-0.3, -0.25) is 0 Å². The molecule has 2 fully saturated rings. The Hall–Kier alpha value is -3.33. The van der Waals surface area contributed by atoms with Gasteiger partial charge in [0, 0.05) is 0 Å². The fourth-order valence-corrected chi connectivity index (χ4v) is 9.18. The van der Waals surface area contributed by atoms with E-state index in [1.807, 2.05) is 130 Å². The van der Waals surface area contributed by atoms with Crippen molar-refractivity contribution < 1.29 is 27.4 Å². The third-order valence-electron chi connectivity index (χ3n) is 8.76. The van der Waals surface area contributed by atoms with E-state index in [1.165, 1.54) is 0 Å². The van der Waals surface area contributed by atoms with Gasteiger partial charge < -0.3 is 18.9 Å². The highest BCUT2D eigenvalue weighted by molar-refractivity contribution is 7.92. The summed E-state index contributed by atoms with van der Waals surface area (Å²) >= 11 is 0. The molecule has 0 N–H and O–H groups in total. The van der Waals surface area contributed by atoms with Crippen LogP contribution >= 0.6 is 0 Å². The molecule has 2 saturated heterocycles. The number of hydrogen-bond acceptors (Lipinski definition) is 6. The molecule has 6 rings (SSSR count). The summed E-state index contributed by atoms with van der Waals surface area (Å²) in [5.41, 5.74) is 4.89. The van der Waals surface area contributed by atoms with Gasteiger partial charge in [0.2, 0.25) is 0 Å². The highest BCUT2D eigenvalue weighted by Crippen LogP contribution is 2.43. The Labute approximate surface area is 267 Å². The van der Waals surface area contributed by atoms with Gasteiger partial charge in [-0.15, -0.1) is 0 Å². The Morgan fingerprint density at radius 3 is 1.49 bits per heavy atom. The standard InChI is InChI=1S/C38H42O6S/c1-27-14-13-21-31(22-27)26-42-35-33(24-29-17-9-5-10-18-29)45(39,40)32(23-28-15-7-4-8-16-28)34(36-37(35)44-38(2,3)43-36)41-25-30-19-11-6-12-20-30/h4-22,32-37H,23-26H2,1-3H3/t32-,33-,34+,35+,36+,37+/m1/s1. The first kappa shape index (κ1) is 31.6. The summed E-state index contributed by atoms with van der Waals surface area (Å²) in [6.45, 7) is 6.28. The Kier molecular flexibility index (Phi) is 9.54. The van der Waals surface area contributed by atoms with Crippen LogP contribution in [-0.2, 0) is 54.8 Å². The van der Waals surface area contributed by atoms with Crippen molar-refractivity contribution in [1.82, 2.24) is 0 Å². The number of rotatable bonds is 10. The fraction of sp³-hybridized carbons (Fsp3) is 0.368. The predicted octanol–water partition coefficient (Wildman–Crippen LogP) is 6.64. The van der Waals surface area contributed by atoms with Gasteiger partial charge in [0.15, 0.2) is 15.6 Å². The van der Waals surface area contributed by atoms with E-state index in [1.54, 1.807) is 0 Å². The molecule has 2 heterocycles. The second kappa shape index (κ2) is 13.6. The van der Waals surface area contributed by atoms with Crippen LogP contribution in [0.25, 0.3) is 0 Å². The van der Waals surface area contributed by atoms with Crippen molar-refractivity contribution in [2.45, 2.75) is 87.5 Å². The van der Waals surface area contributed by atoms with Crippen molar-refractivity contribution in [1.29, 1.82) is 0 Å². The van der Waals surface area contributed by atoms with E-state index >= 15 is 8.42 Å². The lowest BCUT2D eigenvalue weighted by atomic mass is 9.94. The van der Waals surface area contributed by atoms with Crippen LogP contribution in [0.5, 0.6) is 0 Å². The molecule has 2 aliphatic rings. The maximum absolute atomic E-state index is 15.2. The lowest BCUT2D eigenvalue weighted by Crippen LogP contribution is -2.48. The molecular formula is C38H42O6S. The minimum absolute atomic E-state index is 0.248. The molecule has 0 aliphatic carbocycles. The Morgan fingerprint density at radius 2 is 1.02 bits per heavy atom. The zero-order valence-corrected chi connectivity index (χ0v) is 26.9. The highest BCUT2D eigenvalue weighted by Gasteiger charge is 2.60. The Bertz CT molecular complexity index is 1640. The third kappa shape index (κ3) is 7.40. The van der Waals surface area contributed by atoms with E-state index in [2.05, 4.69) is 6.07 Å². The van der Waals surface area contributed by atoms with Crippen LogP contribution in [0.2, 0.25) is 0 Å². The summed E-state index contributed by atoms with van der Waals surface area (Å²) in [5.74, 6) is -0.954. The van der Waals surface area contributed by atoms with E-state index in [0.29, 0.717) is 0 Å². The maximum atomic E-state index is 15.2. The van der Waals surface area contributed by atoms with Gasteiger partial charge in [0.1, 0.15) is 24.4 Å². The van der Waals surface area contributed by atoms with Crippen LogP contribution in [0, 0.1) is 6.92 Å². The van der Waals surface area contributed by atoms with Gasteiger partial charge in [-0.05, 0) is 55.9 Å². The molecule has 0 radical (unpaired) electrons. The van der Waals surface area contributed by atoms with Crippen molar-refractivity contribution in [2.24, 2.45) is 0 Å². The first-order chi connectivity index (χ1) is 21.7. The average Bonchev–Trinajstić information content (AvgIpc) is 3.33. The summed E-state index contributed by atoms with van der Waals surface area (Å²) in [7, 11) is -3.90. The van der Waals surface area contributed by atoms with Crippen LogP contribution in [0.15, 0.2) is 115 Å². The Balaban J connectivity index is 1.46. The molecule has 2 aliphatic heterocycles. The molecule has 0 amide bonds. The number of sulfone groups is 1. The Morgan fingerprint density at radius 1 is 0.600 bits per heavy atom. The molecule has 0 saturated carbocycles. The summed E-state index contributed by atoms with van der Waals surface area (Å²) in [4.78, 5) is 0. The van der Waals surface area contributed by atoms with E-state index in [4.69, 9.17) is 18.9 Å². The normalized spacial score (nSPS) is 27.0. The predicted molar refractivity (Wildman–Crippen MR) is 175 cm³/mol. The van der Waals surface area contributed by atoms with E-state index in [9.17, 15) is 0 Å². The summed E-state index contributed by atoms with van der Waals surface area (Å²) < 4.78 is 56.9. The molecule has 4 aromatic carbocycles. The van der Waals surface area contributed by atoms with Gasteiger partial charge in [-0.1, -0.05) is 121 Å². The second-order valence-electron chi connectivity index (χ2n) is 12.6. The highest BCUT2D eigenvalue weighted by atomic mass is 32.2. The molecule has 7 heteroatoms. The van der Waals surface area contributed by atoms with Gasteiger partial charge in [-0.25, -0.2) is 8.42 Å². The van der Waals surface area contributed by atoms with Crippen molar-refractivity contribution in [2.75, 3.05) is 0 Å². The number of ether oxygens (including phenoxy) is 4. The van der Waals surface area contributed by atoms with Crippen molar-refractivity contribution in [3.8, 4) is 0 Å². The molecule has 0 unspecified atom stereocenters. The zero-order valence-electron chi connectivity index (χ0n) is 26.1. The number of aryl methyl sites for hydroxylation is 1. The van der Waals surface area contributed by atoms with Crippen molar-refractivity contribution in [3.05, 3.63) is 143 Å². The van der Waals surface area contributed by atoms with Crippen molar-refractivity contribution in [3.63, 3.8) is 0 Å². The van der Waals surface area contributed by atoms with Crippen LogP contribution in [0.4, 0.5) is 0 Å². The first-order valence-electron chi connectivity index (χ1n) is 15.7. The topological polar surface area (TPSA) is 71.1 Å². The average molecular weight is 627 g/mol. The molecular weight excluding hydrogens is 584 g/mol. The SMILES string of the molecule is Cc1cccc(CO[C@@H]2[C@@H]3OC(C)(C)O[C@H]3[C@@H](OCc3ccccc3)[C@@H](Cc3ccccc3)S(=O)(=O)[C@@H]2Cc2ccccc2)c1. The molecule has 4 aromatic rings. The smallest absolute Gasteiger partial charge is 0.164 e. The quantitative estimate of drug-likeness (QED) is 0.197. The molecule has 6 atom stereocenters. The van der Waals surface area contributed by atoms with Crippen LogP contribution < -0.4 is 0 Å². The van der Waals surface area contributed by atoms with E-state index < -0.39 is 50.5 Å². The molecule has 0 bridgehead atoms. The van der Waals surface area contributed by atoms with Crippen LogP contribution in [-0.4, -0.2) is 49.1 Å². The van der Waals surface area contributed by atoms with E-state index in [-0.39, 0.29) is 26.1 Å². The minimum Gasteiger partial charge on any atom is -0.369 e. The van der Waals surface area contributed by atoms with Gasteiger partial charge in [-0.2, -0.15) is 0 Å². The van der Waals surface area contributed by atoms with Crippen LogP contribution in [0.3, 0.4) is 0 Å². The van der Waals surface area contributed by atoms with Gasteiger partial charge in [0.05, 0.1) is 23.7 Å². The second-order valence-corrected chi connectivity index (χ2v) is 15.0. The van der Waals surface area contributed by atoms with Gasteiger partial charge >= 0.3 is 0 Å². The molecule has 0 aromatic heterocycles. The molecule has 0 spiro atoms. The number of hydrogen-bond donors (Lipinski definition) is 0. The molecule has 236 valence electrons.